The number of hydrogen-bond acceptors (Lipinski definition) is 15. The molecule has 0 aliphatic rings. The van der Waals surface area contributed by atoms with E-state index in [-0.39, 0.29) is 25.7 Å². The molecule has 0 saturated heterocycles. The van der Waals surface area contributed by atoms with Gasteiger partial charge in [0.2, 0.25) is 0 Å². The molecule has 6 atom stereocenters. The van der Waals surface area contributed by atoms with Crippen LogP contribution in [0.5, 0.6) is 0 Å². The van der Waals surface area contributed by atoms with E-state index >= 15 is 0 Å². The Balaban J connectivity index is 5.11. The van der Waals surface area contributed by atoms with Crippen LogP contribution in [-0.4, -0.2) is 96.7 Å². The van der Waals surface area contributed by atoms with E-state index in [2.05, 4.69) is 41.5 Å². The monoisotopic (exact) mass is 1410 g/mol. The summed E-state index contributed by atoms with van der Waals surface area (Å²) in [5, 5.41) is 10.6. The lowest BCUT2D eigenvalue weighted by Gasteiger charge is -2.21. The van der Waals surface area contributed by atoms with Crippen molar-refractivity contribution in [3.63, 3.8) is 0 Å². The first-order valence-corrected chi connectivity index (χ1v) is 43.0. The minimum absolute atomic E-state index is 0.104. The summed E-state index contributed by atoms with van der Waals surface area (Å²) in [5.74, 6) is -0.539. The highest BCUT2D eigenvalue weighted by Gasteiger charge is 2.30. The van der Waals surface area contributed by atoms with Gasteiger partial charge in [-0.3, -0.25) is 37.3 Å². The molecule has 0 saturated carbocycles. The molecule has 3 N–H and O–H groups in total. The summed E-state index contributed by atoms with van der Waals surface area (Å²) in [4.78, 5) is 72.5. The molecule has 0 spiro atoms. The van der Waals surface area contributed by atoms with Crippen LogP contribution in [0.2, 0.25) is 0 Å². The zero-order chi connectivity index (χ0) is 70.7. The van der Waals surface area contributed by atoms with Crippen molar-refractivity contribution >= 4 is 39.5 Å². The Hall–Kier alpha value is -1.94. The lowest BCUT2D eigenvalue weighted by Crippen LogP contribution is -2.30. The summed E-state index contributed by atoms with van der Waals surface area (Å²) >= 11 is 0. The first kappa shape index (κ1) is 94.1. The number of unbranched alkanes of at least 4 members (excludes halogenated alkanes) is 45. The number of aliphatic hydroxyl groups excluding tert-OH is 1. The van der Waals surface area contributed by atoms with Crippen molar-refractivity contribution in [1.29, 1.82) is 0 Å². The highest BCUT2D eigenvalue weighted by atomic mass is 31.2. The van der Waals surface area contributed by atoms with Crippen molar-refractivity contribution in [3.8, 4) is 0 Å². The third-order valence-electron chi connectivity index (χ3n) is 18.3. The molecule has 0 aliphatic carbocycles. The number of hydrogen-bond donors (Lipinski definition) is 3. The highest BCUT2D eigenvalue weighted by Crippen LogP contribution is 2.45. The number of phosphoric ester groups is 2. The van der Waals surface area contributed by atoms with Crippen LogP contribution in [0.4, 0.5) is 0 Å². The number of rotatable bonds is 76. The fraction of sp³-hybridized carbons (Fsp3) is 0.948. The van der Waals surface area contributed by atoms with Crippen LogP contribution in [0, 0.1) is 11.8 Å². The fourth-order valence-corrected chi connectivity index (χ4v) is 13.4. The number of carbonyl (C=O) groups is 4. The van der Waals surface area contributed by atoms with Crippen molar-refractivity contribution in [2.45, 2.75) is 419 Å². The Kier molecular flexibility index (Phi) is 67.4. The van der Waals surface area contributed by atoms with Gasteiger partial charge in [-0.05, 0) is 37.5 Å². The number of phosphoric acid groups is 2. The molecule has 0 aromatic carbocycles. The SMILES string of the molecule is CCCCCCCCCCCCCCCCCCCCC(=O)OC[C@H](COP(=O)(O)OC[C@@H](O)COP(=O)(O)OC[C@@H](COC(=O)CCCCCCC)OC(=O)CCCCCCCCCCC(C)C)OC(=O)CCCCCCCCCCCCCCCCCCCCC(C)CC. The van der Waals surface area contributed by atoms with Crippen LogP contribution in [0.1, 0.15) is 401 Å². The Morgan fingerprint density at radius 2 is 0.531 bits per heavy atom. The molecule has 3 unspecified atom stereocenters. The van der Waals surface area contributed by atoms with Crippen molar-refractivity contribution in [3.05, 3.63) is 0 Å². The van der Waals surface area contributed by atoms with E-state index in [0.29, 0.717) is 25.7 Å². The van der Waals surface area contributed by atoms with E-state index in [4.69, 9.17) is 37.0 Å². The Bertz CT molecular complexity index is 1860. The van der Waals surface area contributed by atoms with Gasteiger partial charge in [-0.2, -0.15) is 0 Å². The normalized spacial score (nSPS) is 14.3. The zero-order valence-electron chi connectivity index (χ0n) is 62.7. The first-order valence-electron chi connectivity index (χ1n) is 40.0. The summed E-state index contributed by atoms with van der Waals surface area (Å²) in [5.41, 5.74) is 0. The Labute approximate surface area is 588 Å². The molecule has 0 aromatic heterocycles. The molecular formula is C77H150O17P2. The standard InChI is InChI=1S/C77H150O17P2/c1-7-10-12-14-15-16-17-18-19-20-24-27-30-33-36-42-48-54-60-75(80)88-66-73(94-76(81)61-55-49-43-37-34-31-28-25-22-21-23-26-29-32-35-41-47-52-58-70(6)9-3)68-92-96(85,86)90-64-71(78)63-89-95(83,84)91-67-72(65-87-74(79)59-53-45-13-11-8-2)93-77(82)62-56-50-44-39-38-40-46-51-57-69(4)5/h69-73,78H,7-68H2,1-6H3,(H,83,84)(H,85,86)/t70?,71-,72+,73+/m0/s1. The molecule has 17 nitrogen and oxygen atoms in total. The molecule has 0 rings (SSSR count). The largest absolute Gasteiger partial charge is 0.472 e. The molecule has 0 bridgehead atoms. The Morgan fingerprint density at radius 3 is 0.792 bits per heavy atom. The average Bonchev–Trinajstić information content (AvgIpc) is 1.13. The van der Waals surface area contributed by atoms with E-state index in [9.17, 15) is 43.2 Å². The van der Waals surface area contributed by atoms with Gasteiger partial charge in [0.25, 0.3) is 0 Å². The van der Waals surface area contributed by atoms with Crippen molar-refractivity contribution in [2.24, 2.45) is 11.8 Å². The second-order valence-electron chi connectivity index (χ2n) is 28.5. The summed E-state index contributed by atoms with van der Waals surface area (Å²) in [6.07, 6.45) is 57.5. The van der Waals surface area contributed by atoms with Crippen LogP contribution in [-0.2, 0) is 65.4 Å². The van der Waals surface area contributed by atoms with Crippen LogP contribution >= 0.6 is 15.6 Å². The second-order valence-corrected chi connectivity index (χ2v) is 31.4. The zero-order valence-corrected chi connectivity index (χ0v) is 64.5. The topological polar surface area (TPSA) is 237 Å². The number of aliphatic hydroxyl groups is 1. The quantitative estimate of drug-likeness (QED) is 0.0222. The first-order chi connectivity index (χ1) is 46.4. The fourth-order valence-electron chi connectivity index (χ4n) is 11.8. The predicted molar refractivity (Wildman–Crippen MR) is 391 cm³/mol. The van der Waals surface area contributed by atoms with Crippen LogP contribution < -0.4 is 0 Å². The van der Waals surface area contributed by atoms with Gasteiger partial charge in [-0.1, -0.05) is 350 Å². The van der Waals surface area contributed by atoms with E-state index in [0.717, 1.165) is 108 Å². The van der Waals surface area contributed by atoms with E-state index in [1.807, 2.05) is 0 Å². The maximum absolute atomic E-state index is 13.1. The van der Waals surface area contributed by atoms with Gasteiger partial charge >= 0.3 is 39.5 Å². The molecule has 0 aliphatic heterocycles. The lowest BCUT2D eigenvalue weighted by atomic mass is 9.99. The number of esters is 4. The van der Waals surface area contributed by atoms with Gasteiger partial charge in [-0.15, -0.1) is 0 Å². The minimum Gasteiger partial charge on any atom is -0.462 e. The maximum atomic E-state index is 13.1. The lowest BCUT2D eigenvalue weighted by molar-refractivity contribution is -0.161. The van der Waals surface area contributed by atoms with Gasteiger partial charge in [-0.25, -0.2) is 9.13 Å². The van der Waals surface area contributed by atoms with Gasteiger partial charge in [0.15, 0.2) is 12.2 Å². The van der Waals surface area contributed by atoms with Crippen LogP contribution in [0.3, 0.4) is 0 Å². The third kappa shape index (κ3) is 69.2. The number of ether oxygens (including phenoxy) is 4. The predicted octanol–water partition coefficient (Wildman–Crippen LogP) is 22.7. The minimum atomic E-state index is -4.96. The van der Waals surface area contributed by atoms with E-state index in [1.165, 1.54) is 212 Å². The maximum Gasteiger partial charge on any atom is 0.472 e. The van der Waals surface area contributed by atoms with Gasteiger partial charge in [0.1, 0.15) is 19.3 Å². The van der Waals surface area contributed by atoms with Crippen LogP contribution in [0.15, 0.2) is 0 Å². The molecule has 0 fully saturated rings. The summed E-state index contributed by atoms with van der Waals surface area (Å²) < 4.78 is 68.3. The highest BCUT2D eigenvalue weighted by molar-refractivity contribution is 7.47. The smallest absolute Gasteiger partial charge is 0.462 e. The van der Waals surface area contributed by atoms with Crippen molar-refractivity contribution in [1.82, 2.24) is 0 Å². The molecule has 0 aromatic rings. The van der Waals surface area contributed by atoms with Gasteiger partial charge in [0, 0.05) is 25.7 Å². The van der Waals surface area contributed by atoms with Gasteiger partial charge in [0.05, 0.1) is 26.4 Å². The third-order valence-corrected chi connectivity index (χ3v) is 20.2. The molecular weight excluding hydrogens is 1260 g/mol. The van der Waals surface area contributed by atoms with Crippen molar-refractivity contribution in [2.75, 3.05) is 39.6 Å². The Morgan fingerprint density at radius 1 is 0.302 bits per heavy atom. The summed E-state index contributed by atoms with van der Waals surface area (Å²) in [7, 11) is -9.90. The second kappa shape index (κ2) is 68.8. The average molecular weight is 1410 g/mol. The molecule has 0 heterocycles. The van der Waals surface area contributed by atoms with Gasteiger partial charge < -0.3 is 33.8 Å². The molecule has 570 valence electrons. The van der Waals surface area contributed by atoms with Crippen molar-refractivity contribution < 1.29 is 80.2 Å². The molecule has 96 heavy (non-hydrogen) atoms. The van der Waals surface area contributed by atoms with Crippen LogP contribution in [0.25, 0.3) is 0 Å². The summed E-state index contributed by atoms with van der Waals surface area (Å²) in [6, 6.07) is 0. The van der Waals surface area contributed by atoms with E-state index in [1.54, 1.807) is 0 Å². The molecule has 0 amide bonds. The number of carbonyl (C=O) groups excluding carboxylic acids is 4. The molecule has 19 heteroatoms. The summed E-state index contributed by atoms with van der Waals surface area (Å²) in [6.45, 7) is 9.53. The van der Waals surface area contributed by atoms with E-state index < -0.39 is 97.5 Å². The molecule has 0 radical (unpaired) electrons.